The largest absolute Gasteiger partial charge is 0.456 e. The van der Waals surface area contributed by atoms with Crippen molar-refractivity contribution in [3.05, 3.63) is 169 Å². The number of para-hydroxylation sites is 1. The highest BCUT2D eigenvalue weighted by molar-refractivity contribution is 6.28. The Labute approximate surface area is 305 Å². The van der Waals surface area contributed by atoms with Gasteiger partial charge in [-0.15, -0.1) is 0 Å². The average molecular weight is 681 g/mol. The molecule has 250 valence electrons. The molecular formula is C48H32N4O. The van der Waals surface area contributed by atoms with Crippen LogP contribution in [0.5, 0.6) is 0 Å². The average Bonchev–Trinajstić information content (AvgIpc) is 3.82. The first-order valence-electron chi connectivity index (χ1n) is 18.0. The zero-order valence-corrected chi connectivity index (χ0v) is 29.2. The molecule has 0 amide bonds. The molecule has 1 aliphatic rings. The highest BCUT2D eigenvalue weighted by Crippen LogP contribution is 2.52. The number of rotatable bonds is 4. The highest BCUT2D eigenvalue weighted by Gasteiger charge is 2.36. The predicted octanol–water partition coefficient (Wildman–Crippen LogP) is 12.2. The van der Waals surface area contributed by atoms with Crippen molar-refractivity contribution in [2.24, 2.45) is 0 Å². The summed E-state index contributed by atoms with van der Waals surface area (Å²) in [5, 5.41) is 4.57. The highest BCUT2D eigenvalue weighted by atomic mass is 16.3. The van der Waals surface area contributed by atoms with E-state index in [4.69, 9.17) is 19.4 Å². The summed E-state index contributed by atoms with van der Waals surface area (Å²) >= 11 is 0. The number of hydrogen-bond donors (Lipinski definition) is 0. The number of benzene rings is 7. The minimum absolute atomic E-state index is 0.109. The Bertz CT molecular complexity index is 3010. The fourth-order valence-electron chi connectivity index (χ4n) is 8.50. The topological polar surface area (TPSA) is 56.7 Å². The lowest BCUT2D eigenvalue weighted by atomic mass is 9.82. The summed E-state index contributed by atoms with van der Waals surface area (Å²) < 4.78 is 9.13. The lowest BCUT2D eigenvalue weighted by Crippen LogP contribution is -2.14. The van der Waals surface area contributed by atoms with Gasteiger partial charge in [-0.2, -0.15) is 0 Å². The summed E-state index contributed by atoms with van der Waals surface area (Å²) in [7, 11) is 0. The van der Waals surface area contributed by atoms with Crippen LogP contribution in [0, 0.1) is 0 Å². The van der Waals surface area contributed by atoms with Crippen molar-refractivity contribution in [1.29, 1.82) is 0 Å². The van der Waals surface area contributed by atoms with Gasteiger partial charge in [0, 0.05) is 49.3 Å². The van der Waals surface area contributed by atoms with E-state index < -0.39 is 0 Å². The predicted molar refractivity (Wildman–Crippen MR) is 215 cm³/mol. The van der Waals surface area contributed by atoms with Crippen molar-refractivity contribution >= 4 is 43.7 Å². The number of nitrogens with zero attached hydrogens (tertiary/aromatic N) is 4. The van der Waals surface area contributed by atoms with Crippen molar-refractivity contribution in [3.8, 4) is 51.0 Å². The molecule has 0 spiro atoms. The van der Waals surface area contributed by atoms with Crippen LogP contribution in [0.1, 0.15) is 25.0 Å². The van der Waals surface area contributed by atoms with Gasteiger partial charge in [-0.05, 0) is 70.8 Å². The third-order valence-electron chi connectivity index (χ3n) is 11.0. The molecule has 0 N–H and O–H groups in total. The maximum Gasteiger partial charge on any atom is 0.164 e. The molecule has 5 heteroatoms. The quantitative estimate of drug-likeness (QED) is 0.186. The van der Waals surface area contributed by atoms with E-state index in [0.717, 1.165) is 49.8 Å². The number of furan rings is 1. The van der Waals surface area contributed by atoms with Crippen LogP contribution >= 0.6 is 0 Å². The Balaban J connectivity index is 1.17. The van der Waals surface area contributed by atoms with Crippen LogP contribution in [0.15, 0.2) is 162 Å². The second-order valence-electron chi connectivity index (χ2n) is 14.4. The number of hydrogen-bond acceptors (Lipinski definition) is 4. The second-order valence-corrected chi connectivity index (χ2v) is 14.4. The van der Waals surface area contributed by atoms with Crippen molar-refractivity contribution in [1.82, 2.24) is 19.5 Å². The Morgan fingerprint density at radius 3 is 1.77 bits per heavy atom. The van der Waals surface area contributed by atoms with Crippen molar-refractivity contribution in [3.63, 3.8) is 0 Å². The Kier molecular flexibility index (Phi) is 6.23. The van der Waals surface area contributed by atoms with Gasteiger partial charge in [0.05, 0.1) is 11.0 Å². The molecule has 0 radical (unpaired) electrons. The third-order valence-corrected chi connectivity index (χ3v) is 11.0. The molecule has 0 unspecified atom stereocenters. The zero-order valence-electron chi connectivity index (χ0n) is 29.2. The Morgan fingerprint density at radius 1 is 0.453 bits per heavy atom. The van der Waals surface area contributed by atoms with Gasteiger partial charge in [0.1, 0.15) is 11.2 Å². The molecule has 5 nitrogen and oxygen atoms in total. The SMILES string of the molecule is CC1(C)c2ccccc2-c2cc3c4c5c(ccc4n(-c4ccccc4)c3cc21)oc1cc(-c2nc(-c3ccccc3)nc(-c3ccccc3)n2)ccc15. The van der Waals surface area contributed by atoms with Crippen LogP contribution in [-0.2, 0) is 5.41 Å². The molecule has 11 rings (SSSR count). The molecule has 0 bridgehead atoms. The molecule has 0 atom stereocenters. The van der Waals surface area contributed by atoms with Gasteiger partial charge in [0.15, 0.2) is 17.5 Å². The molecule has 10 aromatic rings. The van der Waals surface area contributed by atoms with Gasteiger partial charge in [0.25, 0.3) is 0 Å². The molecule has 3 heterocycles. The van der Waals surface area contributed by atoms with Crippen LogP contribution < -0.4 is 0 Å². The number of fused-ring (bicyclic) bond motifs is 10. The smallest absolute Gasteiger partial charge is 0.164 e. The molecule has 0 fully saturated rings. The first-order valence-corrected chi connectivity index (χ1v) is 18.0. The van der Waals surface area contributed by atoms with Crippen LogP contribution in [0.2, 0.25) is 0 Å². The van der Waals surface area contributed by atoms with E-state index in [0.29, 0.717) is 17.5 Å². The fourth-order valence-corrected chi connectivity index (χ4v) is 8.50. The van der Waals surface area contributed by atoms with Crippen LogP contribution in [0.3, 0.4) is 0 Å². The fraction of sp³-hybridized carbons (Fsp3) is 0.0625. The summed E-state index contributed by atoms with van der Waals surface area (Å²) in [6.07, 6.45) is 0. The van der Waals surface area contributed by atoms with E-state index in [1.807, 2.05) is 60.7 Å². The van der Waals surface area contributed by atoms with E-state index in [9.17, 15) is 0 Å². The standard InChI is InChI=1S/C48H32N4O/c1-48(2)37-21-13-12-20-33(37)35-27-36-40(28-38(35)48)52(32-18-10-5-11-19-32)39-24-25-41-44(43(36)39)34-23-22-31(26-42(34)53-41)47-50-45(29-14-6-3-7-15-29)49-46(51-47)30-16-8-4-9-17-30/h3-28H,1-2H3. The molecule has 1 aliphatic carbocycles. The van der Waals surface area contributed by atoms with Gasteiger partial charge < -0.3 is 8.98 Å². The van der Waals surface area contributed by atoms with Crippen molar-refractivity contribution in [2.75, 3.05) is 0 Å². The molecule has 0 saturated carbocycles. The molecular weight excluding hydrogens is 649 g/mol. The lowest BCUT2D eigenvalue weighted by Gasteiger charge is -2.21. The van der Waals surface area contributed by atoms with Crippen LogP contribution in [-0.4, -0.2) is 19.5 Å². The van der Waals surface area contributed by atoms with Crippen LogP contribution in [0.25, 0.3) is 94.7 Å². The monoisotopic (exact) mass is 680 g/mol. The molecule has 0 aliphatic heterocycles. The minimum Gasteiger partial charge on any atom is -0.456 e. The maximum atomic E-state index is 6.72. The summed E-state index contributed by atoms with van der Waals surface area (Å²) in [5.41, 5.74) is 13.1. The first kappa shape index (κ1) is 29.8. The van der Waals surface area contributed by atoms with E-state index in [1.165, 1.54) is 38.5 Å². The van der Waals surface area contributed by atoms with Gasteiger partial charge in [-0.3, -0.25) is 0 Å². The second kappa shape index (κ2) is 11.1. The zero-order chi connectivity index (χ0) is 35.3. The molecule has 7 aromatic carbocycles. The molecule has 0 saturated heterocycles. The van der Waals surface area contributed by atoms with Gasteiger partial charge >= 0.3 is 0 Å². The first-order chi connectivity index (χ1) is 26.0. The summed E-state index contributed by atoms with van der Waals surface area (Å²) in [4.78, 5) is 14.9. The maximum absolute atomic E-state index is 6.72. The van der Waals surface area contributed by atoms with Crippen molar-refractivity contribution < 1.29 is 4.42 Å². The minimum atomic E-state index is -0.109. The summed E-state index contributed by atoms with van der Waals surface area (Å²) in [5.74, 6) is 1.86. The normalized spacial score (nSPS) is 13.2. The third kappa shape index (κ3) is 4.40. The Morgan fingerprint density at radius 2 is 1.08 bits per heavy atom. The van der Waals surface area contributed by atoms with E-state index >= 15 is 0 Å². The lowest BCUT2D eigenvalue weighted by molar-refractivity contribution is 0.661. The van der Waals surface area contributed by atoms with Gasteiger partial charge in [-0.1, -0.05) is 123 Å². The van der Waals surface area contributed by atoms with E-state index in [-0.39, 0.29) is 5.41 Å². The Hall–Kier alpha value is -6.85. The van der Waals surface area contributed by atoms with Crippen molar-refractivity contribution in [2.45, 2.75) is 19.3 Å². The molecule has 53 heavy (non-hydrogen) atoms. The van der Waals surface area contributed by atoms with E-state index in [2.05, 4.69) is 115 Å². The van der Waals surface area contributed by atoms with Gasteiger partial charge in [0.2, 0.25) is 0 Å². The van der Waals surface area contributed by atoms with Gasteiger partial charge in [-0.25, -0.2) is 15.0 Å². The molecule has 3 aromatic heterocycles. The summed E-state index contributed by atoms with van der Waals surface area (Å²) in [6.45, 7) is 4.69. The van der Waals surface area contributed by atoms with E-state index in [1.54, 1.807) is 0 Å². The van der Waals surface area contributed by atoms with Crippen LogP contribution in [0.4, 0.5) is 0 Å². The number of aromatic nitrogens is 4. The summed E-state index contributed by atoms with van der Waals surface area (Å²) in [6, 6.07) is 55.2.